The minimum Gasteiger partial charge on any atom is -0.493 e. The van der Waals surface area contributed by atoms with Crippen LogP contribution in [0.5, 0.6) is 11.5 Å². The fourth-order valence-corrected chi connectivity index (χ4v) is 4.27. The summed E-state index contributed by atoms with van der Waals surface area (Å²) in [7, 11) is 5.34. The number of hydrogen-bond acceptors (Lipinski definition) is 5. The van der Waals surface area contributed by atoms with Crippen molar-refractivity contribution < 1.29 is 19.0 Å². The summed E-state index contributed by atoms with van der Waals surface area (Å²) in [5, 5.41) is 0. The minimum absolute atomic E-state index is 0.0756. The molecule has 1 fully saturated rings. The largest absolute Gasteiger partial charge is 0.493 e. The highest BCUT2D eigenvalue weighted by molar-refractivity contribution is 5.93. The van der Waals surface area contributed by atoms with Crippen molar-refractivity contribution in [2.75, 3.05) is 34.4 Å². The summed E-state index contributed by atoms with van der Waals surface area (Å²) >= 11 is 0. The van der Waals surface area contributed by atoms with Gasteiger partial charge in [-0.05, 0) is 24.7 Å². The van der Waals surface area contributed by atoms with E-state index in [9.17, 15) is 4.79 Å². The highest BCUT2D eigenvalue weighted by atomic mass is 16.5. The summed E-state index contributed by atoms with van der Waals surface area (Å²) in [6.45, 7) is 2.00. The number of benzene rings is 1. The maximum absolute atomic E-state index is 12.4. The lowest BCUT2D eigenvalue weighted by molar-refractivity contribution is 0.0113. The fraction of sp³-hybridized carbons (Fsp3) is 0.500. The summed E-state index contributed by atoms with van der Waals surface area (Å²) in [6, 6.07) is 3.72. The summed E-state index contributed by atoms with van der Waals surface area (Å²) in [5.74, 6) is 1.58. The number of carbonyl (C=O) groups is 1. The molecule has 0 N–H and O–H groups in total. The van der Waals surface area contributed by atoms with Gasteiger partial charge in [-0.25, -0.2) is 4.79 Å². The van der Waals surface area contributed by atoms with Crippen LogP contribution in [0.1, 0.15) is 28.3 Å². The van der Waals surface area contributed by atoms with Crippen molar-refractivity contribution >= 4 is 5.97 Å². The van der Waals surface area contributed by atoms with E-state index in [0.29, 0.717) is 23.0 Å². The van der Waals surface area contributed by atoms with E-state index in [-0.39, 0.29) is 18.0 Å². The summed E-state index contributed by atoms with van der Waals surface area (Å²) in [6.07, 6.45) is 2.98. The molecule has 3 aliphatic rings. The van der Waals surface area contributed by atoms with E-state index in [2.05, 4.69) is 18.0 Å². The maximum atomic E-state index is 12.4. The summed E-state index contributed by atoms with van der Waals surface area (Å²) in [5.41, 5.74) is 3.11. The van der Waals surface area contributed by atoms with Crippen molar-refractivity contribution in [3.8, 4) is 11.5 Å². The molecule has 3 unspecified atom stereocenters. The number of likely N-dealkylation sites (N-methyl/N-ethyl adjacent to an activating group) is 1. The van der Waals surface area contributed by atoms with Crippen LogP contribution in [-0.4, -0.2) is 51.3 Å². The van der Waals surface area contributed by atoms with Crippen molar-refractivity contribution in [3.63, 3.8) is 0 Å². The first-order valence-corrected chi connectivity index (χ1v) is 7.96. The summed E-state index contributed by atoms with van der Waals surface area (Å²) < 4.78 is 16.5. The molecule has 1 aromatic rings. The number of ether oxygens (including phenoxy) is 3. The van der Waals surface area contributed by atoms with E-state index in [4.69, 9.17) is 14.2 Å². The first-order chi connectivity index (χ1) is 11.1. The predicted molar refractivity (Wildman–Crippen MR) is 85.2 cm³/mol. The van der Waals surface area contributed by atoms with Crippen LogP contribution in [0.3, 0.4) is 0 Å². The van der Waals surface area contributed by atoms with Crippen LogP contribution in [0, 0.1) is 5.92 Å². The normalized spacial score (nSPS) is 29.1. The molecule has 0 radical (unpaired) electrons. The standard InChI is InChI=1S/C18H21NO4/c1-19-8-10-4-5-14-17(13(10)9-19)11-6-15(21-2)16(22-3)7-12(11)18(20)23-14/h4,6-7,13-14,17H,5,8-9H2,1-3H3. The number of esters is 1. The van der Waals surface area contributed by atoms with Gasteiger partial charge in [-0.15, -0.1) is 0 Å². The van der Waals surface area contributed by atoms with Crippen LogP contribution < -0.4 is 9.47 Å². The average Bonchev–Trinajstić information content (AvgIpc) is 2.93. The number of fused-ring (bicyclic) bond motifs is 5. The summed E-state index contributed by atoms with van der Waals surface area (Å²) in [4.78, 5) is 14.7. The fourth-order valence-electron chi connectivity index (χ4n) is 4.27. The molecular formula is C18H21NO4. The molecule has 0 bridgehead atoms. The van der Waals surface area contributed by atoms with E-state index in [1.54, 1.807) is 20.3 Å². The third-order valence-corrected chi connectivity index (χ3v) is 5.28. The van der Waals surface area contributed by atoms with Crippen molar-refractivity contribution in [2.45, 2.75) is 18.4 Å². The second kappa shape index (κ2) is 5.27. The monoisotopic (exact) mass is 315 g/mol. The van der Waals surface area contributed by atoms with Gasteiger partial charge in [-0.1, -0.05) is 11.6 Å². The van der Waals surface area contributed by atoms with Crippen molar-refractivity contribution in [1.82, 2.24) is 4.90 Å². The molecule has 5 nitrogen and oxygen atoms in total. The van der Waals surface area contributed by atoms with Gasteiger partial charge in [-0.2, -0.15) is 0 Å². The van der Waals surface area contributed by atoms with Gasteiger partial charge in [0.1, 0.15) is 6.10 Å². The van der Waals surface area contributed by atoms with Gasteiger partial charge in [-0.3, -0.25) is 0 Å². The highest BCUT2D eigenvalue weighted by Gasteiger charge is 2.46. The third-order valence-electron chi connectivity index (χ3n) is 5.28. The highest BCUT2D eigenvalue weighted by Crippen LogP contribution is 2.48. The lowest BCUT2D eigenvalue weighted by Gasteiger charge is -2.39. The Labute approximate surface area is 135 Å². The van der Waals surface area contributed by atoms with E-state index in [0.717, 1.165) is 25.1 Å². The zero-order valence-corrected chi connectivity index (χ0v) is 13.7. The van der Waals surface area contributed by atoms with E-state index < -0.39 is 0 Å². The Morgan fingerprint density at radius 3 is 2.70 bits per heavy atom. The second-order valence-corrected chi connectivity index (χ2v) is 6.58. The number of carbonyl (C=O) groups excluding carboxylic acids is 1. The predicted octanol–water partition coefficient (Wildman–Crippen LogP) is 2.22. The third kappa shape index (κ3) is 2.14. The molecule has 4 rings (SSSR count). The molecule has 0 saturated carbocycles. The molecule has 1 saturated heterocycles. The SMILES string of the molecule is COc1cc2c(cc1OC)C1C(CC=C3CN(C)CC31)OC2=O. The molecule has 2 aliphatic heterocycles. The van der Waals surface area contributed by atoms with Gasteiger partial charge in [0.15, 0.2) is 11.5 Å². The first-order valence-electron chi connectivity index (χ1n) is 7.96. The molecule has 0 amide bonds. The molecule has 2 heterocycles. The lowest BCUT2D eigenvalue weighted by Crippen LogP contribution is -2.39. The Balaban J connectivity index is 1.85. The molecule has 3 atom stereocenters. The van der Waals surface area contributed by atoms with Crippen molar-refractivity contribution in [1.29, 1.82) is 0 Å². The van der Waals surface area contributed by atoms with Crippen LogP contribution in [0.2, 0.25) is 0 Å². The minimum atomic E-state index is -0.259. The zero-order valence-electron chi connectivity index (χ0n) is 13.7. The second-order valence-electron chi connectivity index (χ2n) is 6.58. The molecule has 122 valence electrons. The topological polar surface area (TPSA) is 48.0 Å². The Hall–Kier alpha value is -2.01. The molecule has 5 heteroatoms. The Morgan fingerprint density at radius 2 is 1.96 bits per heavy atom. The van der Waals surface area contributed by atoms with E-state index >= 15 is 0 Å². The van der Waals surface area contributed by atoms with Crippen LogP contribution in [0.25, 0.3) is 0 Å². The molecule has 0 spiro atoms. The number of methoxy groups -OCH3 is 2. The van der Waals surface area contributed by atoms with Gasteiger partial charge >= 0.3 is 5.97 Å². The van der Waals surface area contributed by atoms with Gasteiger partial charge in [0, 0.05) is 31.3 Å². The quantitative estimate of drug-likeness (QED) is 0.619. The van der Waals surface area contributed by atoms with Gasteiger partial charge < -0.3 is 19.1 Å². The molecule has 0 aromatic heterocycles. The van der Waals surface area contributed by atoms with Crippen molar-refractivity contribution in [3.05, 3.63) is 34.9 Å². The molecule has 1 aliphatic carbocycles. The number of rotatable bonds is 2. The molecule has 23 heavy (non-hydrogen) atoms. The van der Waals surface area contributed by atoms with Crippen LogP contribution >= 0.6 is 0 Å². The van der Waals surface area contributed by atoms with Crippen molar-refractivity contribution in [2.24, 2.45) is 5.92 Å². The average molecular weight is 315 g/mol. The zero-order chi connectivity index (χ0) is 16.1. The van der Waals surface area contributed by atoms with E-state index in [1.165, 1.54) is 5.57 Å². The van der Waals surface area contributed by atoms with Gasteiger partial charge in [0.25, 0.3) is 0 Å². The Kier molecular flexibility index (Phi) is 3.34. The van der Waals surface area contributed by atoms with Crippen LogP contribution in [0.15, 0.2) is 23.8 Å². The lowest BCUT2D eigenvalue weighted by atomic mass is 9.72. The number of hydrogen-bond donors (Lipinski definition) is 0. The van der Waals surface area contributed by atoms with Crippen LogP contribution in [0.4, 0.5) is 0 Å². The van der Waals surface area contributed by atoms with E-state index in [1.807, 2.05) is 6.07 Å². The Morgan fingerprint density at radius 1 is 1.22 bits per heavy atom. The first kappa shape index (κ1) is 14.6. The molecule has 1 aromatic carbocycles. The number of nitrogens with zero attached hydrogens (tertiary/aromatic N) is 1. The molecular weight excluding hydrogens is 294 g/mol. The van der Waals surface area contributed by atoms with Crippen LogP contribution in [-0.2, 0) is 4.74 Å². The Bertz CT molecular complexity index is 697. The maximum Gasteiger partial charge on any atom is 0.338 e. The van der Waals surface area contributed by atoms with Gasteiger partial charge in [0.2, 0.25) is 0 Å². The smallest absolute Gasteiger partial charge is 0.338 e. The van der Waals surface area contributed by atoms with Gasteiger partial charge in [0.05, 0.1) is 19.8 Å². The number of likely N-dealkylation sites (tertiary alicyclic amines) is 1.